The van der Waals surface area contributed by atoms with Crippen LogP contribution in [0.3, 0.4) is 0 Å². The van der Waals surface area contributed by atoms with Crippen molar-refractivity contribution in [3.8, 4) is 5.75 Å². The Morgan fingerprint density at radius 1 is 1.54 bits per heavy atom. The van der Waals surface area contributed by atoms with Crippen molar-refractivity contribution in [2.75, 3.05) is 23.4 Å². The van der Waals surface area contributed by atoms with Crippen LogP contribution in [0.25, 0.3) is 0 Å². The van der Waals surface area contributed by atoms with Crippen molar-refractivity contribution < 1.29 is 14.3 Å². The van der Waals surface area contributed by atoms with E-state index in [4.69, 9.17) is 10.5 Å². The van der Waals surface area contributed by atoms with Gasteiger partial charge >= 0.3 is 0 Å². The molecule has 1 aromatic carbocycles. The summed E-state index contributed by atoms with van der Waals surface area (Å²) in [4.78, 5) is 29.9. The van der Waals surface area contributed by atoms with Crippen molar-refractivity contribution in [1.82, 2.24) is 4.98 Å². The molecule has 3 N–H and O–H groups in total. The van der Waals surface area contributed by atoms with Crippen molar-refractivity contribution in [2.45, 2.75) is 19.4 Å². The van der Waals surface area contributed by atoms with Gasteiger partial charge in [-0.05, 0) is 24.1 Å². The van der Waals surface area contributed by atoms with Gasteiger partial charge in [-0.3, -0.25) is 14.5 Å². The number of rotatable bonds is 5. The molecule has 0 bridgehead atoms. The van der Waals surface area contributed by atoms with Gasteiger partial charge in [0.2, 0.25) is 5.91 Å². The van der Waals surface area contributed by atoms with Crippen LogP contribution in [-0.2, 0) is 9.59 Å². The molecule has 1 aliphatic rings. The molecule has 24 heavy (non-hydrogen) atoms. The molecule has 2 heterocycles. The number of nitrogens with zero attached hydrogens (tertiary/aromatic N) is 2. The summed E-state index contributed by atoms with van der Waals surface area (Å²) < 4.78 is 5.45. The Labute approximate surface area is 143 Å². The van der Waals surface area contributed by atoms with Crippen LogP contribution in [-0.4, -0.2) is 29.9 Å². The first-order chi connectivity index (χ1) is 11.6. The predicted octanol–water partition coefficient (Wildman–Crippen LogP) is 1.92. The summed E-state index contributed by atoms with van der Waals surface area (Å²) in [6.45, 7) is 1.81. The number of amides is 2. The van der Waals surface area contributed by atoms with Gasteiger partial charge in [0.25, 0.3) is 5.91 Å². The molecule has 8 heteroatoms. The van der Waals surface area contributed by atoms with Gasteiger partial charge in [-0.2, -0.15) is 0 Å². The molecule has 0 saturated heterocycles. The lowest BCUT2D eigenvalue weighted by Crippen LogP contribution is -2.43. The van der Waals surface area contributed by atoms with E-state index in [2.05, 4.69) is 10.3 Å². The number of anilines is 2. The summed E-state index contributed by atoms with van der Waals surface area (Å²) in [5, 5.41) is 4.95. The van der Waals surface area contributed by atoms with Crippen LogP contribution in [0.4, 0.5) is 10.8 Å². The lowest BCUT2D eigenvalue weighted by Gasteiger charge is -2.29. The summed E-state index contributed by atoms with van der Waals surface area (Å²) in [5.41, 5.74) is 7.54. The third-order valence-electron chi connectivity index (χ3n) is 3.77. The lowest BCUT2D eigenvalue weighted by atomic mass is 10.0. The standard InChI is InChI=1S/C16H18N4O3S/c1-2-11(17)10-3-4-13-12(7-10)20(15(22)9-23-13)8-14(21)19-16-18-5-6-24-16/h3-7,11H,2,8-9,17H2,1H3,(H,18,19,21). The Kier molecular flexibility index (Phi) is 4.77. The topological polar surface area (TPSA) is 97.5 Å². The van der Waals surface area contributed by atoms with E-state index in [1.165, 1.54) is 16.2 Å². The molecule has 0 aliphatic carbocycles. The number of nitrogens with one attached hydrogen (secondary N) is 1. The van der Waals surface area contributed by atoms with Crippen LogP contribution >= 0.6 is 11.3 Å². The molecular weight excluding hydrogens is 328 g/mol. The number of ether oxygens (including phenoxy) is 1. The highest BCUT2D eigenvalue weighted by molar-refractivity contribution is 7.13. The second kappa shape index (κ2) is 6.98. The van der Waals surface area contributed by atoms with Crippen molar-refractivity contribution in [1.29, 1.82) is 0 Å². The van der Waals surface area contributed by atoms with E-state index in [9.17, 15) is 9.59 Å². The average Bonchev–Trinajstić information content (AvgIpc) is 3.09. The fourth-order valence-corrected chi connectivity index (χ4v) is 2.99. The first-order valence-electron chi connectivity index (χ1n) is 7.60. The van der Waals surface area contributed by atoms with E-state index in [1.54, 1.807) is 17.6 Å². The third-order valence-corrected chi connectivity index (χ3v) is 4.46. The molecule has 7 nitrogen and oxygen atoms in total. The number of hydrogen-bond acceptors (Lipinski definition) is 6. The number of hydrogen-bond donors (Lipinski definition) is 2. The van der Waals surface area contributed by atoms with E-state index in [-0.39, 0.29) is 31.0 Å². The zero-order valence-electron chi connectivity index (χ0n) is 13.2. The summed E-state index contributed by atoms with van der Waals surface area (Å²) in [5.74, 6) is -0.000876. The summed E-state index contributed by atoms with van der Waals surface area (Å²) >= 11 is 1.32. The SMILES string of the molecule is CCC(N)c1ccc2c(c1)N(CC(=O)Nc1nccs1)C(=O)CO2. The smallest absolute Gasteiger partial charge is 0.265 e. The maximum Gasteiger partial charge on any atom is 0.265 e. The molecule has 1 atom stereocenters. The number of carbonyl (C=O) groups is 2. The molecule has 2 aromatic rings. The van der Waals surface area contributed by atoms with Gasteiger partial charge in [0.1, 0.15) is 12.3 Å². The molecule has 1 unspecified atom stereocenters. The maximum absolute atomic E-state index is 12.2. The number of aromatic nitrogens is 1. The highest BCUT2D eigenvalue weighted by Gasteiger charge is 2.28. The van der Waals surface area contributed by atoms with Crippen LogP contribution in [0.2, 0.25) is 0 Å². The molecule has 3 rings (SSSR count). The predicted molar refractivity (Wildman–Crippen MR) is 92.3 cm³/mol. The van der Waals surface area contributed by atoms with E-state index in [1.807, 2.05) is 19.1 Å². The van der Waals surface area contributed by atoms with Crippen LogP contribution in [0.1, 0.15) is 24.9 Å². The fraction of sp³-hybridized carbons (Fsp3) is 0.312. The first-order valence-corrected chi connectivity index (χ1v) is 8.48. The van der Waals surface area contributed by atoms with E-state index >= 15 is 0 Å². The molecule has 0 spiro atoms. The Bertz CT molecular complexity index is 748. The minimum Gasteiger partial charge on any atom is -0.482 e. The Morgan fingerprint density at radius 3 is 3.08 bits per heavy atom. The van der Waals surface area contributed by atoms with Gasteiger partial charge in [0.15, 0.2) is 11.7 Å². The van der Waals surface area contributed by atoms with E-state index in [0.29, 0.717) is 16.6 Å². The molecule has 0 fully saturated rings. The lowest BCUT2D eigenvalue weighted by molar-refractivity contribution is -0.123. The molecular formula is C16H18N4O3S. The first kappa shape index (κ1) is 16.4. The average molecular weight is 346 g/mol. The number of fused-ring (bicyclic) bond motifs is 1. The van der Waals surface area contributed by atoms with Gasteiger partial charge in [0.05, 0.1) is 5.69 Å². The minimum atomic E-state index is -0.309. The Balaban J connectivity index is 1.83. The van der Waals surface area contributed by atoms with E-state index in [0.717, 1.165) is 12.0 Å². The van der Waals surface area contributed by atoms with Crippen LogP contribution in [0.5, 0.6) is 5.75 Å². The van der Waals surface area contributed by atoms with Gasteiger partial charge in [-0.15, -0.1) is 11.3 Å². The molecule has 1 aromatic heterocycles. The molecule has 0 saturated carbocycles. The second-order valence-electron chi connectivity index (χ2n) is 5.40. The quantitative estimate of drug-likeness (QED) is 0.862. The zero-order chi connectivity index (χ0) is 17.1. The van der Waals surface area contributed by atoms with Crippen molar-refractivity contribution in [3.05, 3.63) is 35.3 Å². The number of nitrogens with two attached hydrogens (primary N) is 1. The molecule has 1 aliphatic heterocycles. The highest BCUT2D eigenvalue weighted by atomic mass is 32.1. The van der Waals surface area contributed by atoms with Crippen LogP contribution in [0.15, 0.2) is 29.8 Å². The zero-order valence-corrected chi connectivity index (χ0v) is 14.0. The van der Waals surface area contributed by atoms with Crippen molar-refractivity contribution in [3.63, 3.8) is 0 Å². The molecule has 126 valence electrons. The third kappa shape index (κ3) is 3.39. The molecule has 2 amide bonds. The van der Waals surface area contributed by atoms with Gasteiger partial charge < -0.3 is 15.8 Å². The van der Waals surface area contributed by atoms with Crippen molar-refractivity contribution in [2.24, 2.45) is 5.73 Å². The Morgan fingerprint density at radius 2 is 2.38 bits per heavy atom. The second-order valence-corrected chi connectivity index (χ2v) is 6.29. The van der Waals surface area contributed by atoms with Crippen LogP contribution < -0.4 is 20.7 Å². The number of benzene rings is 1. The minimum absolute atomic E-state index is 0.0866. The maximum atomic E-state index is 12.2. The fourth-order valence-electron chi connectivity index (χ4n) is 2.45. The van der Waals surface area contributed by atoms with Crippen molar-refractivity contribution >= 4 is 34.0 Å². The summed E-state index contributed by atoms with van der Waals surface area (Å²) in [7, 11) is 0. The summed E-state index contributed by atoms with van der Waals surface area (Å²) in [6.07, 6.45) is 2.38. The molecule has 0 radical (unpaired) electrons. The Hall–Kier alpha value is -2.45. The van der Waals surface area contributed by atoms with Gasteiger partial charge in [-0.1, -0.05) is 13.0 Å². The highest BCUT2D eigenvalue weighted by Crippen LogP contribution is 2.34. The van der Waals surface area contributed by atoms with E-state index < -0.39 is 0 Å². The normalized spacial score (nSPS) is 14.8. The van der Waals surface area contributed by atoms with Gasteiger partial charge in [0, 0.05) is 17.6 Å². The number of carbonyl (C=O) groups excluding carboxylic acids is 2. The summed E-state index contributed by atoms with van der Waals surface area (Å²) in [6, 6.07) is 5.37. The number of thiazole rings is 1. The largest absolute Gasteiger partial charge is 0.482 e. The van der Waals surface area contributed by atoms with Gasteiger partial charge in [-0.25, -0.2) is 4.98 Å². The monoisotopic (exact) mass is 346 g/mol. The van der Waals surface area contributed by atoms with Crippen LogP contribution in [0, 0.1) is 0 Å².